The van der Waals surface area contributed by atoms with E-state index in [0.29, 0.717) is 29.5 Å². The molecule has 5 rings (SSSR count). The summed E-state index contributed by atoms with van der Waals surface area (Å²) in [6, 6.07) is 0. The number of hydrogen-bond donors (Lipinski definition) is 0. The summed E-state index contributed by atoms with van der Waals surface area (Å²) >= 11 is 0. The van der Waals surface area contributed by atoms with Gasteiger partial charge in [-0.05, 0) is 74.0 Å². The first-order valence-electron chi connectivity index (χ1n) is 12.9. The standard InChI is InChI=1S/C26H41NO4/c1-25-10-7-19(28)17-18(25)3-4-20-21-5-6-23(26(21,2)11-8-22(20)25)31-24(29)9-12-27-13-15-30-16-14-27/h18,20-23H,3-17H2,1-2H3/t18-,20-,21+,22-,23+,25-,26-/m0/s1. The van der Waals surface area contributed by atoms with E-state index in [1.54, 1.807) is 0 Å². The lowest BCUT2D eigenvalue weighted by Gasteiger charge is -2.60. The zero-order valence-electron chi connectivity index (χ0n) is 19.6. The lowest BCUT2D eigenvalue weighted by atomic mass is 9.45. The molecule has 4 saturated carbocycles. The molecule has 0 N–H and O–H groups in total. The van der Waals surface area contributed by atoms with Gasteiger partial charge in [0.05, 0.1) is 19.6 Å². The third kappa shape index (κ3) is 3.88. The third-order valence-corrected chi connectivity index (χ3v) is 10.4. The summed E-state index contributed by atoms with van der Waals surface area (Å²) in [5, 5.41) is 0. The first-order valence-corrected chi connectivity index (χ1v) is 12.9. The van der Waals surface area contributed by atoms with Crippen molar-refractivity contribution in [1.29, 1.82) is 0 Å². The Morgan fingerprint density at radius 3 is 2.61 bits per heavy atom. The SMILES string of the molecule is C[C@]12CC[C@H]3[C@@H](CC[C@H]4CC(=O)CC[C@@]43C)[C@H]1CC[C@H]2OC(=O)CCN1CCOCC1. The summed E-state index contributed by atoms with van der Waals surface area (Å²) < 4.78 is 11.6. The second-order valence-electron chi connectivity index (χ2n) is 11.7. The largest absolute Gasteiger partial charge is 0.462 e. The Labute approximate surface area is 187 Å². The molecule has 1 aliphatic heterocycles. The average molecular weight is 432 g/mol. The molecule has 0 spiro atoms. The van der Waals surface area contributed by atoms with Crippen LogP contribution in [0.1, 0.15) is 78.1 Å². The van der Waals surface area contributed by atoms with Crippen LogP contribution in [0.2, 0.25) is 0 Å². The first kappa shape index (κ1) is 21.9. The highest BCUT2D eigenvalue weighted by molar-refractivity contribution is 5.79. The summed E-state index contributed by atoms with van der Waals surface area (Å²) in [7, 11) is 0. The lowest BCUT2D eigenvalue weighted by Crippen LogP contribution is -2.54. The van der Waals surface area contributed by atoms with Crippen LogP contribution in [-0.4, -0.2) is 55.6 Å². The van der Waals surface area contributed by atoms with E-state index in [-0.39, 0.29) is 17.5 Å². The van der Waals surface area contributed by atoms with Gasteiger partial charge in [-0.15, -0.1) is 0 Å². The summed E-state index contributed by atoms with van der Waals surface area (Å²) in [5.74, 6) is 3.28. The Kier molecular flexibility index (Phi) is 5.96. The molecule has 0 aromatic rings. The molecule has 5 heteroatoms. The second kappa shape index (κ2) is 8.44. The van der Waals surface area contributed by atoms with Crippen LogP contribution in [0.25, 0.3) is 0 Å². The number of fused-ring (bicyclic) bond motifs is 5. The predicted octanol–water partition coefficient (Wildman–Crippen LogP) is 4.23. The zero-order valence-corrected chi connectivity index (χ0v) is 19.6. The maximum Gasteiger partial charge on any atom is 0.307 e. The van der Waals surface area contributed by atoms with Gasteiger partial charge >= 0.3 is 5.97 Å². The monoisotopic (exact) mass is 431 g/mol. The maximum absolute atomic E-state index is 12.7. The fourth-order valence-electron chi connectivity index (χ4n) is 8.48. The van der Waals surface area contributed by atoms with Crippen LogP contribution in [0.5, 0.6) is 0 Å². The number of esters is 1. The van der Waals surface area contributed by atoms with Crippen LogP contribution >= 0.6 is 0 Å². The van der Waals surface area contributed by atoms with Gasteiger partial charge < -0.3 is 9.47 Å². The Morgan fingerprint density at radius 1 is 1.03 bits per heavy atom. The van der Waals surface area contributed by atoms with Gasteiger partial charge in [0, 0.05) is 37.9 Å². The van der Waals surface area contributed by atoms with Gasteiger partial charge in [0.2, 0.25) is 0 Å². The van der Waals surface area contributed by atoms with Crippen LogP contribution in [0, 0.1) is 34.5 Å². The molecular formula is C26H41NO4. The van der Waals surface area contributed by atoms with Crippen molar-refractivity contribution < 1.29 is 19.1 Å². The van der Waals surface area contributed by atoms with Gasteiger partial charge in [-0.3, -0.25) is 14.5 Å². The number of hydrogen-bond acceptors (Lipinski definition) is 5. The molecule has 0 unspecified atom stereocenters. The van der Waals surface area contributed by atoms with Crippen molar-refractivity contribution in [2.75, 3.05) is 32.8 Å². The van der Waals surface area contributed by atoms with Crippen molar-refractivity contribution in [2.24, 2.45) is 34.5 Å². The first-order chi connectivity index (χ1) is 14.9. The molecule has 1 heterocycles. The van der Waals surface area contributed by atoms with E-state index in [1.165, 1.54) is 32.1 Å². The van der Waals surface area contributed by atoms with E-state index < -0.39 is 0 Å². The fourth-order valence-corrected chi connectivity index (χ4v) is 8.48. The maximum atomic E-state index is 12.7. The average Bonchev–Trinajstić information content (AvgIpc) is 3.10. The molecule has 7 atom stereocenters. The van der Waals surface area contributed by atoms with Gasteiger partial charge in [0.15, 0.2) is 0 Å². The van der Waals surface area contributed by atoms with Gasteiger partial charge in [-0.25, -0.2) is 0 Å². The van der Waals surface area contributed by atoms with E-state index in [0.717, 1.165) is 70.4 Å². The zero-order chi connectivity index (χ0) is 21.6. The molecule has 1 saturated heterocycles. The molecule has 0 bridgehead atoms. The Bertz CT molecular complexity index is 704. The predicted molar refractivity (Wildman–Crippen MR) is 118 cm³/mol. The van der Waals surface area contributed by atoms with Crippen molar-refractivity contribution in [3.8, 4) is 0 Å². The number of carbonyl (C=O) groups is 2. The molecular weight excluding hydrogens is 390 g/mol. The highest BCUT2D eigenvalue weighted by Crippen LogP contribution is 2.66. The summed E-state index contributed by atoms with van der Waals surface area (Å²) in [6.45, 7) is 9.09. The van der Waals surface area contributed by atoms with Crippen LogP contribution in [-0.2, 0) is 19.1 Å². The molecule has 0 amide bonds. The lowest BCUT2D eigenvalue weighted by molar-refractivity contribution is -0.164. The van der Waals surface area contributed by atoms with E-state index >= 15 is 0 Å². The number of carbonyl (C=O) groups excluding carboxylic acids is 2. The number of nitrogens with zero attached hydrogens (tertiary/aromatic N) is 1. The van der Waals surface area contributed by atoms with E-state index in [9.17, 15) is 9.59 Å². The van der Waals surface area contributed by atoms with Crippen LogP contribution in [0.4, 0.5) is 0 Å². The highest BCUT2D eigenvalue weighted by atomic mass is 16.5. The van der Waals surface area contributed by atoms with Crippen molar-refractivity contribution in [3.05, 3.63) is 0 Å². The highest BCUT2D eigenvalue weighted by Gasteiger charge is 2.61. The smallest absolute Gasteiger partial charge is 0.307 e. The molecule has 5 nitrogen and oxygen atoms in total. The topological polar surface area (TPSA) is 55.8 Å². The van der Waals surface area contributed by atoms with Crippen molar-refractivity contribution in [3.63, 3.8) is 0 Å². The molecule has 5 aliphatic rings. The number of ketones is 1. The van der Waals surface area contributed by atoms with E-state index in [1.807, 2.05) is 0 Å². The molecule has 0 aromatic carbocycles. The van der Waals surface area contributed by atoms with Crippen molar-refractivity contribution in [1.82, 2.24) is 4.90 Å². The molecule has 0 aromatic heterocycles. The Balaban J connectivity index is 1.22. The summed E-state index contributed by atoms with van der Waals surface area (Å²) in [5.41, 5.74) is 0.495. The third-order valence-electron chi connectivity index (χ3n) is 10.4. The van der Waals surface area contributed by atoms with Crippen LogP contribution in [0.15, 0.2) is 0 Å². The number of ether oxygens (including phenoxy) is 2. The number of rotatable bonds is 4. The normalized spacial score (nSPS) is 45.5. The summed E-state index contributed by atoms with van der Waals surface area (Å²) in [6.07, 6.45) is 10.5. The minimum absolute atomic E-state index is 0.0121. The van der Waals surface area contributed by atoms with Crippen LogP contribution in [0.3, 0.4) is 0 Å². The molecule has 0 radical (unpaired) electrons. The number of Topliss-reactive ketones (excluding diaryl/α,β-unsaturated/α-hetero) is 1. The van der Waals surface area contributed by atoms with E-state index in [2.05, 4.69) is 18.7 Å². The van der Waals surface area contributed by atoms with Crippen molar-refractivity contribution in [2.45, 2.75) is 84.2 Å². The Morgan fingerprint density at radius 2 is 1.81 bits per heavy atom. The molecule has 4 aliphatic carbocycles. The second-order valence-corrected chi connectivity index (χ2v) is 11.7. The number of morpholine rings is 1. The quantitative estimate of drug-likeness (QED) is 0.624. The van der Waals surface area contributed by atoms with Gasteiger partial charge in [-0.1, -0.05) is 13.8 Å². The minimum atomic E-state index is -0.0121. The van der Waals surface area contributed by atoms with Gasteiger partial charge in [-0.2, -0.15) is 0 Å². The van der Waals surface area contributed by atoms with Gasteiger partial charge in [0.1, 0.15) is 11.9 Å². The minimum Gasteiger partial charge on any atom is -0.462 e. The fraction of sp³-hybridized carbons (Fsp3) is 0.923. The van der Waals surface area contributed by atoms with Crippen molar-refractivity contribution >= 4 is 11.8 Å². The van der Waals surface area contributed by atoms with Crippen LogP contribution < -0.4 is 0 Å². The van der Waals surface area contributed by atoms with E-state index in [4.69, 9.17) is 9.47 Å². The molecule has 5 fully saturated rings. The summed E-state index contributed by atoms with van der Waals surface area (Å²) in [4.78, 5) is 27.1. The molecule has 31 heavy (non-hydrogen) atoms. The molecule has 174 valence electrons. The Hall–Kier alpha value is -0.940. The van der Waals surface area contributed by atoms with Gasteiger partial charge in [0.25, 0.3) is 0 Å².